The van der Waals surface area contributed by atoms with Gasteiger partial charge in [0.15, 0.2) is 17.6 Å². The Balaban J connectivity index is 1.74. The Morgan fingerprint density at radius 2 is 1.76 bits per heavy atom. The zero-order chi connectivity index (χ0) is 17.9. The smallest absolute Gasteiger partial charge is 0.261 e. The summed E-state index contributed by atoms with van der Waals surface area (Å²) in [5, 5.41) is 2.95. The maximum Gasteiger partial charge on any atom is 0.261 e. The summed E-state index contributed by atoms with van der Waals surface area (Å²) in [6.45, 7) is 2.56. The van der Waals surface area contributed by atoms with Crippen LogP contribution in [-0.4, -0.2) is 31.4 Å². The highest BCUT2D eigenvalue weighted by Crippen LogP contribution is 2.27. The lowest BCUT2D eigenvalue weighted by molar-refractivity contribution is -0.128. The topological polar surface area (TPSA) is 47.6 Å². The first-order chi connectivity index (χ1) is 12.2. The molecule has 0 radical (unpaired) electrons. The molecule has 0 aromatic heterocycles. The Labute approximate surface area is 153 Å². The summed E-state index contributed by atoms with van der Waals surface area (Å²) in [6, 6.07) is 17.7. The molecule has 4 nitrogen and oxygen atoms in total. The SMILES string of the molecule is CC[C@@H](Oc1ccccc1OC)C(=O)NCCSCc1ccccc1. The van der Waals surface area contributed by atoms with Crippen LogP contribution < -0.4 is 14.8 Å². The third kappa shape index (κ3) is 6.35. The van der Waals surface area contributed by atoms with Crippen molar-refractivity contribution in [3.8, 4) is 11.5 Å². The fraction of sp³-hybridized carbons (Fsp3) is 0.350. The van der Waals surface area contributed by atoms with Gasteiger partial charge in [0.2, 0.25) is 0 Å². The second-order valence-corrected chi connectivity index (χ2v) is 6.60. The summed E-state index contributed by atoms with van der Waals surface area (Å²) in [7, 11) is 1.59. The van der Waals surface area contributed by atoms with E-state index >= 15 is 0 Å². The van der Waals surface area contributed by atoms with Crippen LogP contribution in [-0.2, 0) is 10.5 Å². The molecular formula is C20H25NO3S. The number of rotatable bonds is 10. The molecule has 0 saturated carbocycles. The molecule has 0 fully saturated rings. The average molecular weight is 359 g/mol. The van der Waals surface area contributed by atoms with Crippen molar-refractivity contribution in [3.05, 3.63) is 60.2 Å². The van der Waals surface area contributed by atoms with Gasteiger partial charge in [0.25, 0.3) is 5.91 Å². The Morgan fingerprint density at radius 3 is 2.44 bits per heavy atom. The highest BCUT2D eigenvalue weighted by molar-refractivity contribution is 7.98. The molecular weight excluding hydrogens is 334 g/mol. The number of benzene rings is 2. The van der Waals surface area contributed by atoms with Gasteiger partial charge in [-0.1, -0.05) is 49.4 Å². The lowest BCUT2D eigenvalue weighted by Crippen LogP contribution is -2.39. The van der Waals surface area contributed by atoms with Crippen molar-refractivity contribution in [1.82, 2.24) is 5.32 Å². The highest BCUT2D eigenvalue weighted by atomic mass is 32.2. The minimum atomic E-state index is -0.518. The van der Waals surface area contributed by atoms with Gasteiger partial charge < -0.3 is 14.8 Å². The maximum absolute atomic E-state index is 12.3. The fourth-order valence-electron chi connectivity index (χ4n) is 2.32. The zero-order valence-corrected chi connectivity index (χ0v) is 15.6. The van der Waals surface area contributed by atoms with E-state index in [2.05, 4.69) is 17.4 Å². The minimum absolute atomic E-state index is 0.0892. The predicted molar refractivity (Wildman–Crippen MR) is 103 cm³/mol. The molecule has 0 saturated heterocycles. The number of carbonyl (C=O) groups excluding carboxylic acids is 1. The molecule has 0 unspecified atom stereocenters. The van der Waals surface area contributed by atoms with E-state index < -0.39 is 6.10 Å². The minimum Gasteiger partial charge on any atom is -0.493 e. The van der Waals surface area contributed by atoms with Crippen molar-refractivity contribution in [2.75, 3.05) is 19.4 Å². The molecule has 1 atom stereocenters. The van der Waals surface area contributed by atoms with Crippen LogP contribution in [0, 0.1) is 0 Å². The van der Waals surface area contributed by atoms with Crippen LogP contribution in [0.2, 0.25) is 0 Å². The number of hydrogen-bond acceptors (Lipinski definition) is 4. The Morgan fingerprint density at radius 1 is 1.08 bits per heavy atom. The van der Waals surface area contributed by atoms with Crippen LogP contribution >= 0.6 is 11.8 Å². The standard InChI is InChI=1S/C20H25NO3S/c1-3-17(24-19-12-8-7-11-18(19)23-2)20(22)21-13-14-25-15-16-9-5-4-6-10-16/h4-12,17H,3,13-15H2,1-2H3,(H,21,22)/t17-/m1/s1. The second kappa shape index (κ2) is 10.7. The first kappa shape index (κ1) is 19.2. The first-order valence-corrected chi connectivity index (χ1v) is 9.59. The molecule has 0 spiro atoms. The van der Waals surface area contributed by atoms with E-state index in [0.717, 1.165) is 11.5 Å². The van der Waals surface area contributed by atoms with Crippen LogP contribution in [0.25, 0.3) is 0 Å². The van der Waals surface area contributed by atoms with Crippen molar-refractivity contribution in [2.24, 2.45) is 0 Å². The zero-order valence-electron chi connectivity index (χ0n) is 14.7. The van der Waals surface area contributed by atoms with E-state index in [1.54, 1.807) is 18.9 Å². The molecule has 2 rings (SSSR count). The summed E-state index contributed by atoms with van der Waals surface area (Å²) in [4.78, 5) is 12.3. The summed E-state index contributed by atoms with van der Waals surface area (Å²) in [5.41, 5.74) is 1.30. The van der Waals surface area contributed by atoms with E-state index in [0.29, 0.717) is 24.5 Å². The molecule has 2 aromatic rings. The molecule has 5 heteroatoms. The van der Waals surface area contributed by atoms with E-state index in [9.17, 15) is 4.79 Å². The Hall–Kier alpha value is -2.14. The summed E-state index contributed by atoms with van der Waals surface area (Å²) in [5.74, 6) is 2.95. The third-order valence-electron chi connectivity index (χ3n) is 3.66. The Bertz CT molecular complexity index is 648. The molecule has 134 valence electrons. The molecule has 0 bridgehead atoms. The van der Waals surface area contributed by atoms with Crippen LogP contribution in [0.1, 0.15) is 18.9 Å². The second-order valence-electron chi connectivity index (χ2n) is 5.49. The number of para-hydroxylation sites is 2. The van der Waals surface area contributed by atoms with Crippen molar-refractivity contribution in [3.63, 3.8) is 0 Å². The number of amides is 1. The number of nitrogens with one attached hydrogen (secondary N) is 1. The van der Waals surface area contributed by atoms with Gasteiger partial charge in [-0.25, -0.2) is 0 Å². The lowest BCUT2D eigenvalue weighted by atomic mass is 10.2. The monoisotopic (exact) mass is 359 g/mol. The van der Waals surface area contributed by atoms with Crippen molar-refractivity contribution in [1.29, 1.82) is 0 Å². The van der Waals surface area contributed by atoms with Crippen molar-refractivity contribution < 1.29 is 14.3 Å². The van der Waals surface area contributed by atoms with Gasteiger partial charge in [-0.05, 0) is 24.1 Å². The van der Waals surface area contributed by atoms with E-state index in [4.69, 9.17) is 9.47 Å². The molecule has 25 heavy (non-hydrogen) atoms. The molecule has 0 aliphatic heterocycles. The molecule has 0 heterocycles. The van der Waals surface area contributed by atoms with Crippen LogP contribution in [0.4, 0.5) is 0 Å². The van der Waals surface area contributed by atoms with Crippen molar-refractivity contribution >= 4 is 17.7 Å². The van der Waals surface area contributed by atoms with Crippen LogP contribution in [0.3, 0.4) is 0 Å². The average Bonchev–Trinajstić information content (AvgIpc) is 2.66. The summed E-state index contributed by atoms with van der Waals surface area (Å²) < 4.78 is 11.1. The quantitative estimate of drug-likeness (QED) is 0.654. The summed E-state index contributed by atoms with van der Waals surface area (Å²) in [6.07, 6.45) is 0.0801. The van der Waals surface area contributed by atoms with E-state index in [1.807, 2.05) is 49.4 Å². The van der Waals surface area contributed by atoms with Gasteiger partial charge in [0.1, 0.15) is 0 Å². The molecule has 0 aliphatic rings. The van der Waals surface area contributed by atoms with Gasteiger partial charge in [0, 0.05) is 18.1 Å². The van der Waals surface area contributed by atoms with Crippen LogP contribution in [0.5, 0.6) is 11.5 Å². The number of thioether (sulfide) groups is 1. The normalized spacial score (nSPS) is 11.6. The van der Waals surface area contributed by atoms with E-state index in [1.165, 1.54) is 5.56 Å². The number of carbonyl (C=O) groups is 1. The van der Waals surface area contributed by atoms with Crippen molar-refractivity contribution in [2.45, 2.75) is 25.2 Å². The fourth-order valence-corrected chi connectivity index (χ4v) is 3.14. The number of ether oxygens (including phenoxy) is 2. The largest absolute Gasteiger partial charge is 0.493 e. The van der Waals surface area contributed by atoms with Crippen LogP contribution in [0.15, 0.2) is 54.6 Å². The van der Waals surface area contributed by atoms with Gasteiger partial charge in [0.05, 0.1) is 7.11 Å². The molecule has 1 amide bonds. The molecule has 2 aromatic carbocycles. The Kier molecular flexibility index (Phi) is 8.19. The number of hydrogen-bond donors (Lipinski definition) is 1. The summed E-state index contributed by atoms with van der Waals surface area (Å²) >= 11 is 1.80. The van der Waals surface area contributed by atoms with Gasteiger partial charge in [-0.3, -0.25) is 4.79 Å². The van der Waals surface area contributed by atoms with Gasteiger partial charge >= 0.3 is 0 Å². The number of methoxy groups -OCH3 is 1. The lowest BCUT2D eigenvalue weighted by Gasteiger charge is -2.18. The molecule has 0 aliphatic carbocycles. The van der Waals surface area contributed by atoms with E-state index in [-0.39, 0.29) is 5.91 Å². The van der Waals surface area contributed by atoms with Gasteiger partial charge in [-0.2, -0.15) is 11.8 Å². The maximum atomic E-state index is 12.3. The predicted octanol–water partition coefficient (Wildman–Crippen LogP) is 3.90. The molecule has 1 N–H and O–H groups in total. The first-order valence-electron chi connectivity index (χ1n) is 8.43. The van der Waals surface area contributed by atoms with Gasteiger partial charge in [-0.15, -0.1) is 0 Å². The third-order valence-corrected chi connectivity index (χ3v) is 4.69. The highest BCUT2D eigenvalue weighted by Gasteiger charge is 2.19.